The Balaban J connectivity index is 2.07. The molecule has 2 unspecified atom stereocenters. The molecule has 100 valence electrons. The number of hydrogen-bond donors (Lipinski definition) is 2. The molecule has 0 radical (unpaired) electrons. The summed E-state index contributed by atoms with van der Waals surface area (Å²) in [5, 5.41) is 25.6. The van der Waals surface area contributed by atoms with Gasteiger partial charge in [0.1, 0.15) is 4.32 Å². The highest BCUT2D eigenvalue weighted by molar-refractivity contribution is 8.24. The number of thioether (sulfide) groups is 1. The van der Waals surface area contributed by atoms with Gasteiger partial charge in [-0.25, -0.2) is 5.21 Å². The Morgan fingerprint density at radius 3 is 2.58 bits per heavy atom. The predicted molar refractivity (Wildman–Crippen MR) is 73.5 cm³/mol. The number of benzene rings is 1. The number of hydrogen-bond acceptors (Lipinski definition) is 7. The van der Waals surface area contributed by atoms with Crippen molar-refractivity contribution in [1.29, 1.82) is 0 Å². The van der Waals surface area contributed by atoms with Gasteiger partial charge in [0.05, 0.1) is 5.69 Å². The fourth-order valence-corrected chi connectivity index (χ4v) is 2.50. The Kier molecular flexibility index (Phi) is 4.22. The van der Waals surface area contributed by atoms with E-state index in [4.69, 9.17) is 17.4 Å². The van der Waals surface area contributed by atoms with E-state index >= 15 is 0 Å². The van der Waals surface area contributed by atoms with Crippen molar-refractivity contribution in [2.45, 2.75) is 5.37 Å². The van der Waals surface area contributed by atoms with E-state index in [1.54, 1.807) is 7.05 Å². The zero-order valence-corrected chi connectivity index (χ0v) is 11.4. The molecule has 1 amide bonds. The van der Waals surface area contributed by atoms with Crippen molar-refractivity contribution >= 4 is 45.6 Å². The molecule has 7 nitrogen and oxygen atoms in total. The Labute approximate surface area is 118 Å². The molecular weight excluding hydrogens is 288 g/mol. The van der Waals surface area contributed by atoms with Gasteiger partial charge in [-0.05, 0) is 12.1 Å². The Bertz CT molecular complexity index is 532. The van der Waals surface area contributed by atoms with Crippen LogP contribution in [-0.2, 0) is 4.79 Å². The Hall–Kier alpha value is -1.39. The summed E-state index contributed by atoms with van der Waals surface area (Å²) < 4.78 is 0.468. The first-order chi connectivity index (χ1) is 8.99. The highest BCUT2D eigenvalue weighted by atomic mass is 32.2. The molecule has 1 saturated heterocycles. The number of thiocarbonyl (C=S) groups is 1. The van der Waals surface area contributed by atoms with E-state index in [0.717, 1.165) is 11.8 Å². The summed E-state index contributed by atoms with van der Waals surface area (Å²) in [6, 6.07) is 5.91. The standard InChI is InChI=1S/C10H10N4O3S2/c1-13-9(15)8(19-10(13)18)12-11-6-2-4-7(5-3-6)14(16)17/h2-5,8,14,16H,1H3. The fraction of sp³-hybridized carbons (Fsp3) is 0.200. The molecular formula is C10H10N4O3S2. The second kappa shape index (κ2) is 5.72. The number of azo groups is 1. The van der Waals surface area contributed by atoms with E-state index in [-0.39, 0.29) is 11.6 Å². The lowest BCUT2D eigenvalue weighted by Crippen LogP contribution is -2.99. The van der Waals surface area contributed by atoms with Gasteiger partial charge < -0.3 is 5.21 Å². The number of carbonyl (C=O) groups is 1. The molecule has 1 aromatic rings. The Morgan fingerprint density at radius 2 is 2.11 bits per heavy atom. The van der Waals surface area contributed by atoms with Crippen LogP contribution < -0.4 is 5.23 Å². The maximum Gasteiger partial charge on any atom is 0.265 e. The third-order valence-electron chi connectivity index (χ3n) is 2.42. The summed E-state index contributed by atoms with van der Waals surface area (Å²) in [7, 11) is 1.59. The van der Waals surface area contributed by atoms with Gasteiger partial charge in [-0.15, -0.1) is 0 Å². The maximum atomic E-state index is 11.7. The number of quaternary nitrogens is 1. The van der Waals surface area contributed by atoms with Crippen molar-refractivity contribution in [3.63, 3.8) is 0 Å². The second-order valence-electron chi connectivity index (χ2n) is 3.70. The molecule has 9 heteroatoms. The van der Waals surface area contributed by atoms with E-state index in [1.807, 2.05) is 0 Å². The van der Waals surface area contributed by atoms with Gasteiger partial charge in [-0.2, -0.15) is 15.5 Å². The fourth-order valence-electron chi connectivity index (χ4n) is 1.34. The normalized spacial score (nSPS) is 21.4. The number of amides is 1. The van der Waals surface area contributed by atoms with Crippen LogP contribution in [0.2, 0.25) is 0 Å². The third kappa shape index (κ3) is 3.14. The minimum absolute atomic E-state index is 0.172. The van der Waals surface area contributed by atoms with E-state index in [2.05, 4.69) is 10.2 Å². The monoisotopic (exact) mass is 298 g/mol. The summed E-state index contributed by atoms with van der Waals surface area (Å²) in [6.07, 6.45) is 0. The van der Waals surface area contributed by atoms with Gasteiger partial charge in [0.25, 0.3) is 5.91 Å². The first-order valence-electron chi connectivity index (χ1n) is 5.21. The molecule has 2 N–H and O–H groups in total. The van der Waals surface area contributed by atoms with Crippen LogP contribution >= 0.6 is 24.0 Å². The summed E-state index contributed by atoms with van der Waals surface area (Å²) in [5.41, 5.74) is 0.657. The Morgan fingerprint density at radius 1 is 1.47 bits per heavy atom. The first kappa shape index (κ1) is 14.0. The number of nitrogens with one attached hydrogen (secondary N) is 1. The number of likely N-dealkylation sites (N-methyl/N-ethyl adjacent to an activating group) is 1. The van der Waals surface area contributed by atoms with Crippen LogP contribution in [0.5, 0.6) is 0 Å². The average molecular weight is 298 g/mol. The molecule has 0 aromatic heterocycles. The zero-order valence-electron chi connectivity index (χ0n) is 9.81. The minimum atomic E-state index is -1.00. The molecule has 1 aromatic carbocycles. The van der Waals surface area contributed by atoms with E-state index in [0.29, 0.717) is 10.0 Å². The van der Waals surface area contributed by atoms with Crippen LogP contribution in [0.4, 0.5) is 11.4 Å². The van der Waals surface area contributed by atoms with Crippen LogP contribution in [-0.4, -0.2) is 32.8 Å². The molecule has 2 atom stereocenters. The van der Waals surface area contributed by atoms with Crippen LogP contribution in [0.25, 0.3) is 0 Å². The second-order valence-corrected chi connectivity index (χ2v) is 5.41. The van der Waals surface area contributed by atoms with Gasteiger partial charge in [-0.3, -0.25) is 9.69 Å². The maximum absolute atomic E-state index is 11.7. The van der Waals surface area contributed by atoms with Crippen molar-refractivity contribution < 1.29 is 15.2 Å². The van der Waals surface area contributed by atoms with Crippen molar-refractivity contribution in [2.24, 2.45) is 10.2 Å². The smallest absolute Gasteiger partial charge is 0.265 e. The summed E-state index contributed by atoms with van der Waals surface area (Å²) in [5.74, 6) is -0.207. The third-order valence-corrected chi connectivity index (χ3v) is 3.98. The predicted octanol–water partition coefficient (Wildman–Crippen LogP) is 0.990. The lowest BCUT2D eigenvalue weighted by molar-refractivity contribution is -0.991. The van der Waals surface area contributed by atoms with Crippen LogP contribution in [0.1, 0.15) is 0 Å². The van der Waals surface area contributed by atoms with Crippen molar-refractivity contribution in [1.82, 2.24) is 4.90 Å². The highest BCUT2D eigenvalue weighted by Crippen LogP contribution is 2.28. The average Bonchev–Trinajstić information content (AvgIpc) is 2.64. The molecule has 0 saturated carbocycles. The van der Waals surface area contributed by atoms with E-state index in [9.17, 15) is 10.0 Å². The lowest BCUT2D eigenvalue weighted by atomic mass is 10.3. The van der Waals surface area contributed by atoms with Crippen LogP contribution in [0, 0.1) is 5.21 Å². The van der Waals surface area contributed by atoms with E-state index in [1.165, 1.54) is 29.2 Å². The van der Waals surface area contributed by atoms with Crippen LogP contribution in [0.3, 0.4) is 0 Å². The van der Waals surface area contributed by atoms with Crippen LogP contribution in [0.15, 0.2) is 34.5 Å². The number of nitrogens with zero attached hydrogens (tertiary/aromatic N) is 3. The quantitative estimate of drug-likeness (QED) is 0.493. The van der Waals surface area contributed by atoms with Gasteiger partial charge in [0, 0.05) is 19.2 Å². The van der Waals surface area contributed by atoms with Gasteiger partial charge in [0.15, 0.2) is 5.69 Å². The van der Waals surface area contributed by atoms with Crippen molar-refractivity contribution in [3.8, 4) is 0 Å². The van der Waals surface area contributed by atoms with Crippen molar-refractivity contribution in [3.05, 3.63) is 29.5 Å². The molecule has 1 fully saturated rings. The number of rotatable bonds is 3. The molecule has 19 heavy (non-hydrogen) atoms. The van der Waals surface area contributed by atoms with Gasteiger partial charge in [0.2, 0.25) is 5.37 Å². The van der Waals surface area contributed by atoms with Crippen molar-refractivity contribution in [2.75, 3.05) is 7.05 Å². The van der Waals surface area contributed by atoms with Gasteiger partial charge >= 0.3 is 0 Å². The highest BCUT2D eigenvalue weighted by Gasteiger charge is 2.34. The lowest BCUT2D eigenvalue weighted by Gasteiger charge is -2.10. The molecule has 0 spiro atoms. The molecule has 0 bridgehead atoms. The topological polar surface area (TPSA) is 92.8 Å². The largest absolute Gasteiger partial charge is 0.595 e. The summed E-state index contributed by atoms with van der Waals surface area (Å²) >= 11 is 6.14. The number of carbonyl (C=O) groups excluding carboxylic acids is 1. The zero-order chi connectivity index (χ0) is 14.0. The molecule has 1 aliphatic rings. The first-order valence-corrected chi connectivity index (χ1v) is 6.50. The summed E-state index contributed by atoms with van der Waals surface area (Å²) in [6.45, 7) is 0. The molecule has 1 heterocycles. The molecule has 2 rings (SSSR count). The van der Waals surface area contributed by atoms with E-state index < -0.39 is 10.6 Å². The van der Waals surface area contributed by atoms with Gasteiger partial charge in [-0.1, -0.05) is 24.0 Å². The summed E-state index contributed by atoms with van der Waals surface area (Å²) in [4.78, 5) is 13.0. The molecule has 0 aliphatic carbocycles. The minimum Gasteiger partial charge on any atom is -0.595 e. The SMILES string of the molecule is CN1C(=O)C(N=Nc2ccc([NH+]([O-])O)cc2)SC1=S. The molecule has 1 aliphatic heterocycles.